The monoisotopic (exact) mass is 1780 g/mol. The predicted molar refractivity (Wildman–Crippen MR) is 504 cm³/mol. The van der Waals surface area contributed by atoms with E-state index in [4.69, 9.17) is 98.4 Å². The Kier molecular flexibility index (Phi) is 97.8. The zero-order chi connectivity index (χ0) is 86.3. The van der Waals surface area contributed by atoms with Crippen LogP contribution >= 0.6 is 34.8 Å². The van der Waals surface area contributed by atoms with Crippen LogP contribution in [0.1, 0.15) is 264 Å². The first-order chi connectivity index (χ1) is 59.3. The molecule has 2 aliphatic heterocycles. The first-order valence-electron chi connectivity index (χ1n) is 49.6. The molecular formula is C93H194Cl3N11O13. The van der Waals surface area contributed by atoms with Crippen LogP contribution in [0.4, 0.5) is 0 Å². The number of nitrogens with two attached hydrogens (primary N) is 2. The molecule has 24 nitrogen and oxygen atoms in total. The fraction of sp³-hybridized carbons (Fsp3) is 1.00. The third kappa shape index (κ3) is 97.0. The van der Waals surface area contributed by atoms with Gasteiger partial charge in [0.1, 0.15) is 0 Å². The number of rotatable bonds is 102. The molecule has 27 heteroatoms. The van der Waals surface area contributed by atoms with Gasteiger partial charge < -0.3 is 120 Å². The molecule has 3 aliphatic rings. The Labute approximate surface area is 751 Å². The summed E-state index contributed by atoms with van der Waals surface area (Å²) in [6, 6.07) is 0. The minimum absolute atomic E-state index is 0.272. The number of nitrogens with zero attached hydrogens (tertiary/aromatic N) is 3. The van der Waals surface area contributed by atoms with E-state index in [9.17, 15) is 10.2 Å². The van der Waals surface area contributed by atoms with Gasteiger partial charge in [0, 0.05) is 163 Å². The summed E-state index contributed by atoms with van der Waals surface area (Å²) in [6.07, 6.45) is 45.3. The van der Waals surface area contributed by atoms with Crippen molar-refractivity contribution in [1.82, 2.24) is 46.6 Å². The molecule has 0 spiro atoms. The zero-order valence-corrected chi connectivity index (χ0v) is 79.9. The van der Waals surface area contributed by atoms with Crippen molar-refractivity contribution in [2.75, 3.05) is 300 Å². The summed E-state index contributed by atoms with van der Waals surface area (Å²) in [5.74, 6) is 2.76. The molecule has 0 aromatic carbocycles. The van der Waals surface area contributed by atoms with E-state index in [1.165, 1.54) is 142 Å². The Morgan fingerprint density at radius 2 is 0.517 bits per heavy atom. The van der Waals surface area contributed by atoms with Gasteiger partial charge in [-0.3, -0.25) is 0 Å². The topological polar surface area (TPSA) is 283 Å². The fourth-order valence-electron chi connectivity index (χ4n) is 13.2. The van der Waals surface area contributed by atoms with E-state index in [1.807, 2.05) is 0 Å². The van der Waals surface area contributed by atoms with Crippen LogP contribution in [0.2, 0.25) is 0 Å². The lowest BCUT2D eigenvalue weighted by molar-refractivity contribution is 0.114. The smallest absolute Gasteiger partial charge is 0.0933 e. The van der Waals surface area contributed by atoms with E-state index in [0.717, 1.165) is 384 Å². The highest BCUT2D eigenvalue weighted by atomic mass is 35.5. The highest BCUT2D eigenvalue weighted by molar-refractivity contribution is 6.18. The highest BCUT2D eigenvalue weighted by Crippen LogP contribution is 2.27. The second kappa shape index (κ2) is 99.5. The van der Waals surface area contributed by atoms with Crippen molar-refractivity contribution >= 4 is 34.8 Å². The number of unbranched alkanes of at least 4 members (excludes halogenated alkanes) is 19. The van der Waals surface area contributed by atoms with Crippen molar-refractivity contribution in [3.63, 3.8) is 0 Å². The number of hydrogen-bond acceptors (Lipinski definition) is 24. The van der Waals surface area contributed by atoms with Crippen molar-refractivity contribution in [1.29, 1.82) is 0 Å². The number of alkyl halides is 3. The van der Waals surface area contributed by atoms with Gasteiger partial charge in [-0.05, 0) is 374 Å². The molecule has 120 heavy (non-hydrogen) atoms. The summed E-state index contributed by atoms with van der Waals surface area (Å²) in [5.41, 5.74) is 11.0. The van der Waals surface area contributed by atoms with E-state index < -0.39 is 12.2 Å². The van der Waals surface area contributed by atoms with Crippen molar-refractivity contribution in [3.05, 3.63) is 0 Å². The van der Waals surface area contributed by atoms with Crippen molar-refractivity contribution in [3.8, 4) is 0 Å². The number of hydrogen-bond donors (Lipinski definition) is 10. The van der Waals surface area contributed by atoms with E-state index in [0.29, 0.717) is 37.1 Å². The minimum atomic E-state index is -0.467. The van der Waals surface area contributed by atoms with Crippen LogP contribution < -0.4 is 43.4 Å². The van der Waals surface area contributed by atoms with E-state index >= 15 is 0 Å². The van der Waals surface area contributed by atoms with Crippen LogP contribution in [0, 0.1) is 11.8 Å². The Morgan fingerprint density at radius 1 is 0.300 bits per heavy atom. The number of epoxide rings is 2. The van der Waals surface area contributed by atoms with Crippen LogP contribution in [0.3, 0.4) is 0 Å². The maximum Gasteiger partial charge on any atom is 0.0933 e. The Hall–Kier alpha value is -0.0900. The van der Waals surface area contributed by atoms with Gasteiger partial charge in [-0.2, -0.15) is 0 Å². The molecule has 2 saturated heterocycles. The lowest BCUT2D eigenvalue weighted by atomic mass is 10.2. The summed E-state index contributed by atoms with van der Waals surface area (Å²) >= 11 is 17.1. The average Bonchev–Trinajstić information content (AvgIpc) is 1.81. The van der Waals surface area contributed by atoms with E-state index in [-0.39, 0.29) is 11.8 Å². The molecule has 0 aromatic rings. The maximum absolute atomic E-state index is 9.45. The summed E-state index contributed by atoms with van der Waals surface area (Å²) < 4.78 is 62.9. The molecule has 12 N–H and O–H groups in total. The highest BCUT2D eigenvalue weighted by Gasteiger charge is 2.22. The lowest BCUT2D eigenvalue weighted by Gasteiger charge is -2.22. The first kappa shape index (κ1) is 118. The van der Waals surface area contributed by atoms with Crippen LogP contribution in [0.25, 0.3) is 0 Å². The fourth-order valence-corrected chi connectivity index (χ4v) is 13.6. The Morgan fingerprint density at radius 3 is 0.733 bits per heavy atom. The third-order valence-corrected chi connectivity index (χ3v) is 22.6. The van der Waals surface area contributed by atoms with Gasteiger partial charge in [0.05, 0.1) is 37.6 Å². The van der Waals surface area contributed by atoms with Crippen molar-refractivity contribution < 1.29 is 62.3 Å². The van der Waals surface area contributed by atoms with Gasteiger partial charge in [0.15, 0.2) is 0 Å². The van der Waals surface area contributed by atoms with Gasteiger partial charge in [0.25, 0.3) is 0 Å². The van der Waals surface area contributed by atoms with Crippen LogP contribution in [0.15, 0.2) is 0 Å². The molecule has 5 atom stereocenters. The second-order valence-electron chi connectivity index (χ2n) is 33.8. The minimum Gasteiger partial charge on any atom is -0.391 e. The standard InChI is InChI=1S/C34H71Cl3N4O5.C34H68N4O5.C25H55N3O3/c1-32(26-35)29-38-14-2-8-20-44-23-11-5-17-41(18-6-12-24-45-21-9-3-15-39-30-33(42)27-36)19-7-13-25-46-22-10-4-16-40-31-34(43)28-37;1(15-35-27-32-13-14-32)7-21-39-24-10-4-18-38(19-5-11-25-40-22-8-2-16-36-28-33-30-42-33)20-6-12-26-41-23-9-3-17-37-29-34-31-43-34;1-2-3-9-20-29-23-12-6-17-28(18-7-13-24-30-21-10-4-15-26)19-8-14-25-31-22-11-5-16-27/h32-34,38-40,42-43H,2-31H2,1H3;32-37H,1-31H2;2-27H2,1H3. The van der Waals surface area contributed by atoms with Crippen LogP contribution in [0.5, 0.6) is 0 Å². The quantitative estimate of drug-likeness (QED) is 0.0154. The molecule has 1 aliphatic carbocycles. The predicted octanol–water partition coefficient (Wildman–Crippen LogP) is 13.2. The number of halogens is 3. The Bertz CT molecular complexity index is 1720. The van der Waals surface area contributed by atoms with Crippen LogP contribution in [-0.4, -0.2) is 350 Å². The molecule has 0 bridgehead atoms. The second-order valence-corrected chi connectivity index (χ2v) is 34.7. The molecule has 3 fully saturated rings. The van der Waals surface area contributed by atoms with E-state index in [1.54, 1.807) is 0 Å². The lowest BCUT2D eigenvalue weighted by Crippen LogP contribution is -2.28. The maximum atomic E-state index is 9.45. The number of nitrogens with one attached hydrogen (secondary N) is 6. The van der Waals surface area contributed by atoms with Gasteiger partial charge in [-0.15, -0.1) is 34.8 Å². The van der Waals surface area contributed by atoms with Gasteiger partial charge in [-0.1, -0.05) is 26.7 Å². The Balaban J connectivity index is 0.000000918. The molecule has 5 unspecified atom stereocenters. The largest absolute Gasteiger partial charge is 0.391 e. The number of aliphatic hydroxyl groups is 2. The molecule has 1 saturated carbocycles. The van der Waals surface area contributed by atoms with Crippen molar-refractivity contribution in [2.45, 2.75) is 289 Å². The molecule has 0 radical (unpaired) electrons. The molecule has 3 rings (SSSR count). The molecule has 2 heterocycles. The summed E-state index contributed by atoms with van der Waals surface area (Å²) in [7, 11) is 0. The normalized spacial score (nSPS) is 15.3. The number of ether oxygens (including phenoxy) is 11. The SMILES string of the molecule is C(CCOCCCCN(CCCCOCCCCNCC1CO1)CCCCOCCCCNCC1CO1)CNCC1CC1.CC(CCl)CNCCCCOCCCCN(CCCCOCCCCNCC(O)CCl)CCCCOCCCCNCC(O)CCl.CCCCCOCCCCN(CCCCOCCCCN)CCCCOCCCCN. The van der Waals surface area contributed by atoms with Gasteiger partial charge in [-0.25, -0.2) is 0 Å². The van der Waals surface area contributed by atoms with Crippen LogP contribution in [-0.2, 0) is 52.1 Å². The molecule has 720 valence electrons. The van der Waals surface area contributed by atoms with E-state index in [2.05, 4.69) is 60.4 Å². The summed E-state index contributed by atoms with van der Waals surface area (Å²) in [4.78, 5) is 7.89. The van der Waals surface area contributed by atoms with Gasteiger partial charge >= 0.3 is 0 Å². The number of aliphatic hydroxyl groups excluding tert-OH is 2. The summed E-state index contributed by atoms with van der Waals surface area (Å²) in [6.45, 7) is 45.1. The molecule has 0 amide bonds. The summed E-state index contributed by atoms with van der Waals surface area (Å²) in [5, 5.41) is 39.3. The zero-order valence-electron chi connectivity index (χ0n) is 77.6. The van der Waals surface area contributed by atoms with Gasteiger partial charge in [0.2, 0.25) is 0 Å². The molecular weight excluding hydrogens is 1590 g/mol. The third-order valence-electron chi connectivity index (χ3n) is 21.4. The molecule has 0 aromatic heterocycles. The van der Waals surface area contributed by atoms with Crippen molar-refractivity contribution in [2.24, 2.45) is 23.3 Å². The average molecular weight is 1780 g/mol. The first-order valence-corrected chi connectivity index (χ1v) is 51.2.